The summed E-state index contributed by atoms with van der Waals surface area (Å²) in [6.45, 7) is 1.54. The number of thiocarbonyl (C=S) groups is 1. The molecule has 1 amide bonds. The van der Waals surface area contributed by atoms with Crippen LogP contribution in [0.1, 0.15) is 37.2 Å². The molecule has 4 rings (SSSR count). The van der Waals surface area contributed by atoms with Gasteiger partial charge in [0, 0.05) is 31.1 Å². The summed E-state index contributed by atoms with van der Waals surface area (Å²) in [5.41, 5.74) is 1.24. The van der Waals surface area contributed by atoms with Crippen LogP contribution in [0.5, 0.6) is 0 Å². The number of hydrogen-bond acceptors (Lipinski definition) is 2. The maximum atomic E-state index is 12.7. The van der Waals surface area contributed by atoms with Gasteiger partial charge in [-0.15, -0.1) is 0 Å². The van der Waals surface area contributed by atoms with Gasteiger partial charge in [-0.05, 0) is 43.5 Å². The normalized spacial score (nSPS) is 26.9. The number of hydrogen-bond donors (Lipinski definition) is 2. The highest BCUT2D eigenvalue weighted by atomic mass is 32.1. The van der Waals surface area contributed by atoms with Crippen molar-refractivity contribution in [2.45, 2.75) is 43.7 Å². The largest absolute Gasteiger partial charge is 0.360 e. The fourth-order valence-corrected chi connectivity index (χ4v) is 3.62. The predicted molar refractivity (Wildman–Crippen MR) is 94.2 cm³/mol. The first-order chi connectivity index (χ1) is 11.2. The molecular formula is C18H23N3OS. The molecule has 5 heteroatoms. The summed E-state index contributed by atoms with van der Waals surface area (Å²) in [7, 11) is 0. The fraction of sp³-hybridized carbons (Fsp3) is 0.556. The Hall–Kier alpha value is -1.62. The average Bonchev–Trinajstić information content (AvgIpc) is 3.49. The molecule has 122 valence electrons. The van der Waals surface area contributed by atoms with E-state index in [1.54, 1.807) is 0 Å². The third kappa shape index (κ3) is 3.50. The quantitative estimate of drug-likeness (QED) is 0.830. The van der Waals surface area contributed by atoms with E-state index in [9.17, 15) is 4.79 Å². The lowest BCUT2D eigenvalue weighted by molar-refractivity contribution is -0.125. The maximum absolute atomic E-state index is 12.7. The Morgan fingerprint density at radius 2 is 1.65 bits per heavy atom. The molecule has 1 aliphatic heterocycles. The Balaban J connectivity index is 1.50. The van der Waals surface area contributed by atoms with E-state index in [0.29, 0.717) is 12.1 Å². The molecule has 1 aromatic carbocycles. The Kier molecular flexibility index (Phi) is 3.97. The zero-order valence-electron chi connectivity index (χ0n) is 13.2. The van der Waals surface area contributed by atoms with Crippen LogP contribution in [0.25, 0.3) is 0 Å². The summed E-state index contributed by atoms with van der Waals surface area (Å²) >= 11 is 5.56. The van der Waals surface area contributed by atoms with Gasteiger partial charge in [-0.25, -0.2) is 0 Å². The summed E-state index contributed by atoms with van der Waals surface area (Å²) in [5.74, 6) is 0.393. The van der Waals surface area contributed by atoms with Crippen LogP contribution >= 0.6 is 12.2 Å². The molecule has 3 fully saturated rings. The predicted octanol–water partition coefficient (Wildman–Crippen LogP) is 2.02. The summed E-state index contributed by atoms with van der Waals surface area (Å²) in [6, 6.07) is 11.3. The van der Waals surface area contributed by atoms with Crippen molar-refractivity contribution in [2.75, 3.05) is 13.1 Å². The smallest absolute Gasteiger partial charge is 0.225 e. The molecule has 2 atom stereocenters. The lowest BCUT2D eigenvalue weighted by Crippen LogP contribution is -2.41. The molecule has 0 aromatic heterocycles. The number of benzene rings is 1. The zero-order valence-corrected chi connectivity index (χ0v) is 14.0. The second kappa shape index (κ2) is 6.11. The minimum absolute atomic E-state index is 0.0167. The molecule has 4 nitrogen and oxygen atoms in total. The summed E-state index contributed by atoms with van der Waals surface area (Å²) in [4.78, 5) is 14.9. The van der Waals surface area contributed by atoms with Crippen LogP contribution in [0, 0.1) is 5.92 Å². The van der Waals surface area contributed by atoms with E-state index in [2.05, 4.69) is 39.8 Å². The number of carbonyl (C=O) groups is 1. The van der Waals surface area contributed by atoms with Gasteiger partial charge in [0.05, 0.1) is 5.92 Å². The van der Waals surface area contributed by atoms with Crippen LogP contribution in [-0.4, -0.2) is 41.1 Å². The SMILES string of the molecule is O=C(NC1CC1)[C@H]1CN(C(=S)NC2CC2)C[C@@H]1c1ccccc1. The molecule has 23 heavy (non-hydrogen) atoms. The van der Waals surface area contributed by atoms with Crippen molar-refractivity contribution >= 4 is 23.2 Å². The van der Waals surface area contributed by atoms with Gasteiger partial charge >= 0.3 is 0 Å². The van der Waals surface area contributed by atoms with E-state index in [-0.39, 0.29) is 17.7 Å². The van der Waals surface area contributed by atoms with Crippen molar-refractivity contribution < 1.29 is 4.79 Å². The van der Waals surface area contributed by atoms with E-state index < -0.39 is 0 Å². The number of likely N-dealkylation sites (tertiary alicyclic amines) is 1. The second-order valence-corrected chi connectivity index (χ2v) is 7.42. The summed E-state index contributed by atoms with van der Waals surface area (Å²) < 4.78 is 0. The zero-order chi connectivity index (χ0) is 15.8. The van der Waals surface area contributed by atoms with Crippen LogP contribution in [0.4, 0.5) is 0 Å². The molecule has 0 bridgehead atoms. The monoisotopic (exact) mass is 329 g/mol. The van der Waals surface area contributed by atoms with Gasteiger partial charge in [0.2, 0.25) is 5.91 Å². The van der Waals surface area contributed by atoms with Crippen molar-refractivity contribution in [3.8, 4) is 0 Å². The molecule has 2 saturated carbocycles. The first kappa shape index (κ1) is 14.9. The van der Waals surface area contributed by atoms with Crippen molar-refractivity contribution in [2.24, 2.45) is 5.92 Å². The summed E-state index contributed by atoms with van der Waals surface area (Å²) in [6.07, 6.45) is 4.67. The molecule has 0 unspecified atom stereocenters. The van der Waals surface area contributed by atoms with Crippen LogP contribution in [0.3, 0.4) is 0 Å². The first-order valence-electron chi connectivity index (χ1n) is 8.61. The van der Waals surface area contributed by atoms with E-state index >= 15 is 0 Å². The number of nitrogens with one attached hydrogen (secondary N) is 2. The highest BCUT2D eigenvalue weighted by molar-refractivity contribution is 7.80. The van der Waals surface area contributed by atoms with Crippen molar-refractivity contribution in [3.63, 3.8) is 0 Å². The Bertz CT molecular complexity index is 598. The van der Waals surface area contributed by atoms with Gasteiger partial charge in [0.15, 0.2) is 5.11 Å². The van der Waals surface area contributed by atoms with Crippen molar-refractivity contribution in [1.82, 2.24) is 15.5 Å². The topological polar surface area (TPSA) is 44.4 Å². The van der Waals surface area contributed by atoms with Crippen LogP contribution in [0.15, 0.2) is 30.3 Å². The lowest BCUT2D eigenvalue weighted by Gasteiger charge is -2.20. The van der Waals surface area contributed by atoms with Crippen molar-refractivity contribution in [1.29, 1.82) is 0 Å². The standard InChI is InChI=1S/C18H23N3OS/c22-17(19-13-6-7-13)16-11-21(18(23)20-14-8-9-14)10-15(16)12-4-2-1-3-5-12/h1-5,13-16H,6-11H2,(H,19,22)(H,20,23)/t15-,16+/m1/s1. The van der Waals surface area contributed by atoms with E-state index in [1.807, 2.05) is 6.07 Å². The summed E-state index contributed by atoms with van der Waals surface area (Å²) in [5, 5.41) is 7.40. The second-order valence-electron chi connectivity index (χ2n) is 7.04. The van der Waals surface area contributed by atoms with Gasteiger partial charge < -0.3 is 15.5 Å². The van der Waals surface area contributed by atoms with Gasteiger partial charge in [0.25, 0.3) is 0 Å². The number of rotatable bonds is 4. The van der Waals surface area contributed by atoms with E-state index in [1.165, 1.54) is 18.4 Å². The number of carbonyl (C=O) groups excluding carboxylic acids is 1. The molecule has 3 aliphatic rings. The Morgan fingerprint density at radius 1 is 1.00 bits per heavy atom. The molecule has 1 saturated heterocycles. The van der Waals surface area contributed by atoms with E-state index in [4.69, 9.17) is 12.2 Å². The van der Waals surface area contributed by atoms with Crippen LogP contribution in [0.2, 0.25) is 0 Å². The van der Waals surface area contributed by atoms with E-state index in [0.717, 1.165) is 31.0 Å². The number of amides is 1. The first-order valence-corrected chi connectivity index (χ1v) is 9.02. The molecule has 1 heterocycles. The molecular weight excluding hydrogens is 306 g/mol. The van der Waals surface area contributed by atoms with Gasteiger partial charge in [0.1, 0.15) is 0 Å². The van der Waals surface area contributed by atoms with Gasteiger partial charge in [-0.3, -0.25) is 4.79 Å². The van der Waals surface area contributed by atoms with Gasteiger partial charge in [-0.2, -0.15) is 0 Å². The van der Waals surface area contributed by atoms with Crippen LogP contribution in [-0.2, 0) is 4.79 Å². The number of nitrogens with zero attached hydrogens (tertiary/aromatic N) is 1. The highest BCUT2D eigenvalue weighted by Crippen LogP contribution is 2.34. The molecule has 1 aromatic rings. The average molecular weight is 329 g/mol. The third-order valence-electron chi connectivity index (χ3n) is 5.00. The highest BCUT2D eigenvalue weighted by Gasteiger charge is 2.41. The maximum Gasteiger partial charge on any atom is 0.225 e. The molecule has 2 N–H and O–H groups in total. The van der Waals surface area contributed by atoms with Gasteiger partial charge in [-0.1, -0.05) is 30.3 Å². The van der Waals surface area contributed by atoms with Crippen LogP contribution < -0.4 is 10.6 Å². The fourth-order valence-electron chi connectivity index (χ4n) is 3.30. The van der Waals surface area contributed by atoms with Crippen molar-refractivity contribution in [3.05, 3.63) is 35.9 Å². The Morgan fingerprint density at radius 3 is 2.30 bits per heavy atom. The molecule has 2 aliphatic carbocycles. The minimum atomic E-state index is -0.0167. The third-order valence-corrected chi connectivity index (χ3v) is 5.38. The Labute approximate surface area is 142 Å². The molecule has 0 spiro atoms. The molecule has 0 radical (unpaired) electrons. The lowest BCUT2D eigenvalue weighted by atomic mass is 9.88. The minimum Gasteiger partial charge on any atom is -0.360 e.